The molecule has 1 aromatic rings. The Kier molecular flexibility index (Phi) is 5.10. The van der Waals surface area contributed by atoms with E-state index in [0.717, 1.165) is 6.04 Å². The molecule has 3 nitrogen and oxygen atoms in total. The molecule has 2 heterocycles. The lowest BCUT2D eigenvalue weighted by atomic mass is 9.86. The van der Waals surface area contributed by atoms with Crippen LogP contribution >= 0.6 is 0 Å². The quantitative estimate of drug-likeness (QED) is 0.925. The zero-order valence-electron chi connectivity index (χ0n) is 15.3. The molecule has 0 aliphatic carbocycles. The molecular weight excluding hydrogens is 282 g/mol. The van der Waals surface area contributed by atoms with Crippen molar-refractivity contribution in [2.75, 3.05) is 39.3 Å². The van der Waals surface area contributed by atoms with Crippen LogP contribution in [-0.2, 0) is 5.41 Å². The second kappa shape index (κ2) is 6.92. The highest BCUT2D eigenvalue weighted by Gasteiger charge is 2.28. The SMILES string of the molecule is CC(c1ccc(C(C)(C)C)cc1)N1CCN(C2CCNC2)CC1. The Morgan fingerprint density at radius 1 is 1.04 bits per heavy atom. The van der Waals surface area contributed by atoms with Gasteiger partial charge in [-0.1, -0.05) is 45.0 Å². The number of nitrogens with one attached hydrogen (secondary N) is 1. The molecule has 2 atom stereocenters. The second-order valence-corrected chi connectivity index (χ2v) is 8.27. The van der Waals surface area contributed by atoms with Crippen molar-refractivity contribution in [2.24, 2.45) is 0 Å². The monoisotopic (exact) mass is 315 g/mol. The van der Waals surface area contributed by atoms with Crippen molar-refractivity contribution in [1.82, 2.24) is 15.1 Å². The van der Waals surface area contributed by atoms with E-state index in [1.54, 1.807) is 0 Å². The maximum Gasteiger partial charge on any atom is 0.0320 e. The van der Waals surface area contributed by atoms with Gasteiger partial charge in [0.1, 0.15) is 0 Å². The summed E-state index contributed by atoms with van der Waals surface area (Å²) in [6.07, 6.45) is 1.32. The topological polar surface area (TPSA) is 18.5 Å². The van der Waals surface area contributed by atoms with E-state index in [-0.39, 0.29) is 5.41 Å². The molecule has 3 rings (SSSR count). The van der Waals surface area contributed by atoms with E-state index in [1.807, 2.05) is 0 Å². The van der Waals surface area contributed by atoms with Gasteiger partial charge in [0.05, 0.1) is 0 Å². The Bertz CT molecular complexity index is 489. The fourth-order valence-electron chi connectivity index (χ4n) is 3.91. The molecule has 0 radical (unpaired) electrons. The van der Waals surface area contributed by atoms with Gasteiger partial charge in [0.15, 0.2) is 0 Å². The molecule has 2 aliphatic rings. The molecule has 2 fully saturated rings. The molecule has 3 heteroatoms. The smallest absolute Gasteiger partial charge is 0.0320 e. The van der Waals surface area contributed by atoms with Crippen LogP contribution in [0, 0.1) is 0 Å². The van der Waals surface area contributed by atoms with Crippen LogP contribution in [-0.4, -0.2) is 55.1 Å². The molecule has 0 saturated carbocycles. The molecule has 1 aromatic carbocycles. The summed E-state index contributed by atoms with van der Waals surface area (Å²) in [6, 6.07) is 10.6. The second-order valence-electron chi connectivity index (χ2n) is 8.27. The van der Waals surface area contributed by atoms with Crippen molar-refractivity contribution in [3.05, 3.63) is 35.4 Å². The van der Waals surface area contributed by atoms with E-state index in [4.69, 9.17) is 0 Å². The third kappa shape index (κ3) is 3.96. The summed E-state index contributed by atoms with van der Waals surface area (Å²) in [5.74, 6) is 0. The zero-order valence-corrected chi connectivity index (χ0v) is 15.3. The molecule has 2 aliphatic heterocycles. The number of hydrogen-bond acceptors (Lipinski definition) is 3. The fourth-order valence-corrected chi connectivity index (χ4v) is 3.91. The number of nitrogens with zero attached hydrogens (tertiary/aromatic N) is 2. The van der Waals surface area contributed by atoms with E-state index in [0.29, 0.717) is 6.04 Å². The van der Waals surface area contributed by atoms with E-state index in [1.165, 1.54) is 56.8 Å². The van der Waals surface area contributed by atoms with Crippen LogP contribution in [0.3, 0.4) is 0 Å². The first kappa shape index (κ1) is 16.9. The van der Waals surface area contributed by atoms with Crippen molar-refractivity contribution in [3.63, 3.8) is 0 Å². The van der Waals surface area contributed by atoms with Gasteiger partial charge < -0.3 is 5.32 Å². The first-order valence-electron chi connectivity index (χ1n) is 9.24. The number of hydrogen-bond donors (Lipinski definition) is 1. The summed E-state index contributed by atoms with van der Waals surface area (Å²) < 4.78 is 0. The Morgan fingerprint density at radius 2 is 1.70 bits per heavy atom. The number of benzene rings is 1. The summed E-state index contributed by atoms with van der Waals surface area (Å²) in [5, 5.41) is 3.49. The lowest BCUT2D eigenvalue weighted by Crippen LogP contribution is -2.51. The average molecular weight is 316 g/mol. The zero-order chi connectivity index (χ0) is 16.4. The molecule has 0 amide bonds. The van der Waals surface area contributed by atoms with Gasteiger partial charge in [0.2, 0.25) is 0 Å². The van der Waals surface area contributed by atoms with Crippen molar-refractivity contribution in [1.29, 1.82) is 0 Å². The predicted molar refractivity (Wildman–Crippen MR) is 98.0 cm³/mol. The molecule has 1 N–H and O–H groups in total. The first-order valence-corrected chi connectivity index (χ1v) is 9.24. The van der Waals surface area contributed by atoms with E-state index in [9.17, 15) is 0 Å². The van der Waals surface area contributed by atoms with Crippen LogP contribution in [0.2, 0.25) is 0 Å². The van der Waals surface area contributed by atoms with E-state index >= 15 is 0 Å². The van der Waals surface area contributed by atoms with Crippen LogP contribution in [0.5, 0.6) is 0 Å². The highest BCUT2D eigenvalue weighted by Crippen LogP contribution is 2.27. The van der Waals surface area contributed by atoms with Crippen molar-refractivity contribution >= 4 is 0 Å². The summed E-state index contributed by atoms with van der Waals surface area (Å²) in [7, 11) is 0. The molecule has 0 spiro atoms. The van der Waals surface area contributed by atoms with E-state index < -0.39 is 0 Å². The summed E-state index contributed by atoms with van der Waals surface area (Å²) >= 11 is 0. The van der Waals surface area contributed by atoms with Crippen LogP contribution < -0.4 is 5.32 Å². The molecular formula is C20H33N3. The van der Waals surface area contributed by atoms with Crippen molar-refractivity contribution < 1.29 is 0 Å². The average Bonchev–Trinajstić information content (AvgIpc) is 3.08. The van der Waals surface area contributed by atoms with Gasteiger partial charge in [-0.15, -0.1) is 0 Å². The Hall–Kier alpha value is -0.900. The molecule has 128 valence electrons. The molecule has 2 saturated heterocycles. The van der Waals surface area contributed by atoms with Gasteiger partial charge in [-0.3, -0.25) is 9.80 Å². The maximum absolute atomic E-state index is 3.49. The predicted octanol–water partition coefficient (Wildman–Crippen LogP) is 3.02. The number of rotatable bonds is 3. The van der Waals surface area contributed by atoms with Gasteiger partial charge in [-0.2, -0.15) is 0 Å². The molecule has 2 unspecified atom stereocenters. The largest absolute Gasteiger partial charge is 0.315 e. The molecule has 0 aromatic heterocycles. The highest BCUT2D eigenvalue weighted by molar-refractivity contribution is 5.29. The first-order chi connectivity index (χ1) is 10.9. The lowest BCUT2D eigenvalue weighted by molar-refractivity contribution is 0.0787. The fraction of sp³-hybridized carbons (Fsp3) is 0.700. The normalized spacial score (nSPS) is 25.7. The van der Waals surface area contributed by atoms with Crippen LogP contribution in [0.4, 0.5) is 0 Å². The number of piperazine rings is 1. The summed E-state index contributed by atoms with van der Waals surface area (Å²) in [5.41, 5.74) is 3.11. The van der Waals surface area contributed by atoms with Gasteiger partial charge in [0.25, 0.3) is 0 Å². The Labute approximate surface area is 142 Å². The Balaban J connectivity index is 1.57. The summed E-state index contributed by atoms with van der Waals surface area (Å²) in [6.45, 7) is 16.4. The Morgan fingerprint density at radius 3 is 2.22 bits per heavy atom. The van der Waals surface area contributed by atoms with Crippen LogP contribution in [0.1, 0.15) is 51.3 Å². The van der Waals surface area contributed by atoms with Crippen molar-refractivity contribution in [3.8, 4) is 0 Å². The minimum atomic E-state index is 0.239. The summed E-state index contributed by atoms with van der Waals surface area (Å²) in [4.78, 5) is 5.33. The van der Waals surface area contributed by atoms with Crippen LogP contribution in [0.25, 0.3) is 0 Å². The maximum atomic E-state index is 3.49. The highest BCUT2D eigenvalue weighted by atomic mass is 15.3. The van der Waals surface area contributed by atoms with E-state index in [2.05, 4.69) is 67.1 Å². The van der Waals surface area contributed by atoms with Crippen LogP contribution in [0.15, 0.2) is 24.3 Å². The van der Waals surface area contributed by atoms with Gasteiger partial charge in [-0.25, -0.2) is 0 Å². The van der Waals surface area contributed by atoms with Gasteiger partial charge >= 0.3 is 0 Å². The minimum absolute atomic E-state index is 0.239. The van der Waals surface area contributed by atoms with Gasteiger partial charge in [0, 0.05) is 44.8 Å². The van der Waals surface area contributed by atoms with Gasteiger partial charge in [-0.05, 0) is 36.4 Å². The molecule has 23 heavy (non-hydrogen) atoms. The third-order valence-corrected chi connectivity index (χ3v) is 5.71. The lowest BCUT2D eigenvalue weighted by Gasteiger charge is -2.40. The standard InChI is InChI=1S/C20H33N3/c1-16(17-5-7-18(8-6-17)20(2,3)4)22-11-13-23(14-12-22)19-9-10-21-15-19/h5-8,16,19,21H,9-15H2,1-4H3. The third-order valence-electron chi connectivity index (χ3n) is 5.71. The minimum Gasteiger partial charge on any atom is -0.315 e. The van der Waals surface area contributed by atoms with Crippen molar-refractivity contribution in [2.45, 2.75) is 51.6 Å². The molecule has 0 bridgehead atoms.